The summed E-state index contributed by atoms with van der Waals surface area (Å²) in [7, 11) is 0. The van der Waals surface area contributed by atoms with E-state index in [9.17, 15) is 9.59 Å². The van der Waals surface area contributed by atoms with Gasteiger partial charge >= 0.3 is 12.0 Å². The van der Waals surface area contributed by atoms with Gasteiger partial charge in [0, 0.05) is 31.0 Å². The van der Waals surface area contributed by atoms with Crippen molar-refractivity contribution in [1.82, 2.24) is 15.2 Å². The number of rotatable bonds is 5. The molecule has 20 heavy (non-hydrogen) atoms. The van der Waals surface area contributed by atoms with Crippen molar-refractivity contribution in [3.63, 3.8) is 0 Å². The Balaban J connectivity index is 2.61. The first-order valence-corrected chi connectivity index (χ1v) is 6.47. The number of carbonyl (C=O) groups excluding carboxylic acids is 1. The van der Waals surface area contributed by atoms with Gasteiger partial charge < -0.3 is 15.3 Å². The summed E-state index contributed by atoms with van der Waals surface area (Å²) >= 11 is 0. The first kappa shape index (κ1) is 15.9. The van der Waals surface area contributed by atoms with Gasteiger partial charge in [0.15, 0.2) is 0 Å². The molecule has 110 valence electrons. The molecule has 6 heteroatoms. The molecule has 0 saturated carbocycles. The SMILES string of the molecule is CC(C)(C)N(CCC(=O)O)C(=O)NCc1cccnc1. The van der Waals surface area contributed by atoms with E-state index in [0.29, 0.717) is 6.54 Å². The zero-order valence-electron chi connectivity index (χ0n) is 12.1. The van der Waals surface area contributed by atoms with Crippen molar-refractivity contribution < 1.29 is 14.7 Å². The van der Waals surface area contributed by atoms with Crippen LogP contribution in [0.1, 0.15) is 32.8 Å². The van der Waals surface area contributed by atoms with Crippen molar-refractivity contribution in [3.05, 3.63) is 30.1 Å². The van der Waals surface area contributed by atoms with E-state index in [-0.39, 0.29) is 19.0 Å². The van der Waals surface area contributed by atoms with E-state index >= 15 is 0 Å². The van der Waals surface area contributed by atoms with E-state index < -0.39 is 11.5 Å². The fourth-order valence-electron chi connectivity index (χ4n) is 1.72. The van der Waals surface area contributed by atoms with Crippen LogP contribution in [0.4, 0.5) is 4.79 Å². The number of urea groups is 1. The Labute approximate surface area is 118 Å². The number of aromatic nitrogens is 1. The van der Waals surface area contributed by atoms with E-state index in [1.54, 1.807) is 18.5 Å². The molecule has 0 unspecified atom stereocenters. The fraction of sp³-hybridized carbons (Fsp3) is 0.500. The zero-order chi connectivity index (χ0) is 15.2. The molecule has 0 saturated heterocycles. The number of carboxylic acid groups (broad SMARTS) is 1. The molecule has 0 aromatic carbocycles. The lowest BCUT2D eigenvalue weighted by Crippen LogP contribution is -2.50. The quantitative estimate of drug-likeness (QED) is 0.862. The van der Waals surface area contributed by atoms with Gasteiger partial charge in [0.25, 0.3) is 0 Å². The van der Waals surface area contributed by atoms with E-state index in [0.717, 1.165) is 5.56 Å². The molecule has 0 bridgehead atoms. The molecule has 6 nitrogen and oxygen atoms in total. The monoisotopic (exact) mass is 279 g/mol. The highest BCUT2D eigenvalue weighted by atomic mass is 16.4. The third kappa shape index (κ3) is 5.26. The number of carboxylic acids is 1. The maximum Gasteiger partial charge on any atom is 0.318 e. The predicted molar refractivity (Wildman–Crippen MR) is 75.2 cm³/mol. The molecule has 2 amide bonds. The Morgan fingerprint density at radius 1 is 1.40 bits per heavy atom. The van der Waals surface area contributed by atoms with Crippen LogP contribution < -0.4 is 5.32 Å². The molecular weight excluding hydrogens is 258 g/mol. The molecule has 0 spiro atoms. The lowest BCUT2D eigenvalue weighted by Gasteiger charge is -2.35. The standard InChI is InChI=1S/C14H21N3O3/c1-14(2,3)17(8-6-12(18)19)13(20)16-10-11-5-4-7-15-9-11/h4-5,7,9H,6,8,10H2,1-3H3,(H,16,20)(H,18,19). The molecule has 1 heterocycles. The van der Waals surface area contributed by atoms with Gasteiger partial charge in [-0.2, -0.15) is 0 Å². The maximum absolute atomic E-state index is 12.2. The molecule has 0 aliphatic rings. The summed E-state index contributed by atoms with van der Waals surface area (Å²) in [6.45, 7) is 6.17. The van der Waals surface area contributed by atoms with Crippen LogP contribution >= 0.6 is 0 Å². The molecule has 0 aliphatic carbocycles. The first-order chi connectivity index (χ1) is 9.30. The van der Waals surface area contributed by atoms with Crippen LogP contribution in [0.25, 0.3) is 0 Å². The number of hydrogen-bond acceptors (Lipinski definition) is 3. The summed E-state index contributed by atoms with van der Waals surface area (Å²) in [5, 5.41) is 11.5. The predicted octanol–water partition coefficient (Wildman–Crippen LogP) is 1.87. The number of pyridine rings is 1. The largest absolute Gasteiger partial charge is 0.481 e. The molecule has 0 atom stereocenters. The highest BCUT2D eigenvalue weighted by molar-refractivity contribution is 5.76. The number of nitrogens with zero attached hydrogens (tertiary/aromatic N) is 2. The smallest absolute Gasteiger partial charge is 0.318 e. The Bertz CT molecular complexity index is 454. The lowest BCUT2D eigenvalue weighted by molar-refractivity contribution is -0.137. The topological polar surface area (TPSA) is 82.5 Å². The fourth-order valence-corrected chi connectivity index (χ4v) is 1.72. The second kappa shape index (κ2) is 6.88. The summed E-state index contributed by atoms with van der Waals surface area (Å²) in [5.41, 5.74) is 0.460. The lowest BCUT2D eigenvalue weighted by atomic mass is 10.1. The Morgan fingerprint density at radius 2 is 2.10 bits per heavy atom. The zero-order valence-corrected chi connectivity index (χ0v) is 12.1. The third-order valence-electron chi connectivity index (χ3n) is 2.77. The van der Waals surface area contributed by atoms with Crippen molar-refractivity contribution in [3.8, 4) is 0 Å². The van der Waals surface area contributed by atoms with Gasteiger partial charge in [0.2, 0.25) is 0 Å². The van der Waals surface area contributed by atoms with E-state index in [2.05, 4.69) is 10.3 Å². The molecule has 0 fully saturated rings. The van der Waals surface area contributed by atoms with Gasteiger partial charge in [0.05, 0.1) is 6.42 Å². The summed E-state index contributed by atoms with van der Waals surface area (Å²) < 4.78 is 0. The van der Waals surface area contributed by atoms with Gasteiger partial charge in [-0.15, -0.1) is 0 Å². The van der Waals surface area contributed by atoms with Crippen LogP contribution in [0.2, 0.25) is 0 Å². The second-order valence-corrected chi connectivity index (χ2v) is 5.49. The Morgan fingerprint density at radius 3 is 2.60 bits per heavy atom. The van der Waals surface area contributed by atoms with Gasteiger partial charge in [0.1, 0.15) is 0 Å². The van der Waals surface area contributed by atoms with Gasteiger partial charge in [-0.25, -0.2) is 4.79 Å². The number of hydrogen-bond donors (Lipinski definition) is 2. The number of amides is 2. The second-order valence-electron chi connectivity index (χ2n) is 5.49. The number of nitrogens with one attached hydrogen (secondary N) is 1. The van der Waals surface area contributed by atoms with E-state index in [4.69, 9.17) is 5.11 Å². The Hall–Kier alpha value is -2.11. The van der Waals surface area contributed by atoms with Gasteiger partial charge in [-0.3, -0.25) is 9.78 Å². The number of carbonyl (C=O) groups is 2. The van der Waals surface area contributed by atoms with Crippen LogP contribution in [0.3, 0.4) is 0 Å². The van der Waals surface area contributed by atoms with Gasteiger partial charge in [-0.05, 0) is 32.4 Å². The van der Waals surface area contributed by atoms with Crippen molar-refractivity contribution in [2.24, 2.45) is 0 Å². The summed E-state index contributed by atoms with van der Waals surface area (Å²) in [5.74, 6) is -0.917. The summed E-state index contributed by atoms with van der Waals surface area (Å²) in [6.07, 6.45) is 3.27. The van der Waals surface area contributed by atoms with Crippen LogP contribution in [-0.4, -0.2) is 39.1 Å². The highest BCUT2D eigenvalue weighted by Crippen LogP contribution is 2.14. The molecule has 1 aromatic rings. The van der Waals surface area contributed by atoms with Crippen molar-refractivity contribution in [2.45, 2.75) is 39.3 Å². The summed E-state index contributed by atoms with van der Waals surface area (Å²) in [4.78, 5) is 28.3. The first-order valence-electron chi connectivity index (χ1n) is 6.47. The van der Waals surface area contributed by atoms with Crippen molar-refractivity contribution >= 4 is 12.0 Å². The molecule has 0 radical (unpaired) electrons. The van der Waals surface area contributed by atoms with Crippen molar-refractivity contribution in [1.29, 1.82) is 0 Å². The minimum absolute atomic E-state index is 0.0718. The molecular formula is C14H21N3O3. The average Bonchev–Trinajstić information content (AvgIpc) is 2.35. The number of aliphatic carboxylic acids is 1. The molecule has 1 aromatic heterocycles. The minimum atomic E-state index is -0.917. The van der Waals surface area contributed by atoms with Crippen LogP contribution in [0, 0.1) is 0 Å². The van der Waals surface area contributed by atoms with Crippen LogP contribution in [0.5, 0.6) is 0 Å². The molecule has 1 rings (SSSR count). The maximum atomic E-state index is 12.2. The van der Waals surface area contributed by atoms with E-state index in [1.807, 2.05) is 26.8 Å². The minimum Gasteiger partial charge on any atom is -0.481 e. The molecule has 2 N–H and O–H groups in total. The van der Waals surface area contributed by atoms with Gasteiger partial charge in [-0.1, -0.05) is 6.07 Å². The summed E-state index contributed by atoms with van der Waals surface area (Å²) in [6, 6.07) is 3.39. The normalized spacial score (nSPS) is 10.9. The van der Waals surface area contributed by atoms with Crippen LogP contribution in [0.15, 0.2) is 24.5 Å². The van der Waals surface area contributed by atoms with Crippen LogP contribution in [-0.2, 0) is 11.3 Å². The Kier molecular flexibility index (Phi) is 5.49. The highest BCUT2D eigenvalue weighted by Gasteiger charge is 2.26. The average molecular weight is 279 g/mol. The molecule has 0 aliphatic heterocycles. The third-order valence-corrected chi connectivity index (χ3v) is 2.77. The van der Waals surface area contributed by atoms with Crippen molar-refractivity contribution in [2.75, 3.05) is 6.54 Å². The van der Waals surface area contributed by atoms with E-state index in [1.165, 1.54) is 4.90 Å².